The molecular weight excluding hydrogens is 945 g/mol. The van der Waals surface area contributed by atoms with E-state index in [2.05, 4.69) is 43.3 Å². The first-order valence-electron chi connectivity index (χ1n) is 24.9. The number of hydrogen-bond acceptors (Lipinski definition) is 10. The molecule has 0 saturated carbocycles. The molecule has 4 aromatic carbocycles. The second kappa shape index (κ2) is 25.6. The van der Waals surface area contributed by atoms with Crippen molar-refractivity contribution in [2.75, 3.05) is 76.1 Å². The van der Waals surface area contributed by atoms with E-state index in [9.17, 15) is 32.7 Å². The summed E-state index contributed by atoms with van der Waals surface area (Å²) in [7, 11) is 4.85. The number of methoxy groups -OCH3 is 1. The molecule has 3 unspecified atom stereocenters. The number of piperidine rings is 1. The number of rotatable bonds is 21. The van der Waals surface area contributed by atoms with Crippen molar-refractivity contribution >= 4 is 45.7 Å². The van der Waals surface area contributed by atoms with E-state index >= 15 is 4.39 Å². The molecule has 3 atom stereocenters. The molecule has 6 N–H and O–H groups in total. The molecule has 18 heteroatoms. The number of nitrogens with zero attached hydrogens (tertiary/aromatic N) is 3. The van der Waals surface area contributed by atoms with Gasteiger partial charge >= 0.3 is 6.18 Å². The third-order valence-corrected chi connectivity index (χ3v) is 13.2. The minimum Gasteiger partial charge on any atom is -0.495 e. The van der Waals surface area contributed by atoms with Crippen LogP contribution >= 0.6 is 0 Å². The first kappa shape index (κ1) is 53.8. The van der Waals surface area contributed by atoms with E-state index in [0.29, 0.717) is 78.3 Å². The summed E-state index contributed by atoms with van der Waals surface area (Å²) in [6.45, 7) is 1.40. The van der Waals surface area contributed by atoms with Crippen LogP contribution in [0.1, 0.15) is 77.7 Å². The van der Waals surface area contributed by atoms with Gasteiger partial charge in [0.2, 0.25) is 11.8 Å². The number of fused-ring (bicyclic) bond motifs is 2. The Morgan fingerprint density at radius 3 is 2.48 bits per heavy atom. The second-order valence-corrected chi connectivity index (χ2v) is 18.7. The number of anilines is 3. The van der Waals surface area contributed by atoms with Gasteiger partial charge in [0, 0.05) is 68.5 Å². The lowest BCUT2D eigenvalue weighted by Gasteiger charge is -2.35. The van der Waals surface area contributed by atoms with Crippen molar-refractivity contribution in [3.8, 4) is 23.3 Å². The normalized spacial score (nSPS) is 17.1. The molecule has 1 aromatic heterocycles. The molecule has 1 fully saturated rings. The molecule has 0 radical (unpaired) electrons. The first-order valence-corrected chi connectivity index (χ1v) is 24.9. The summed E-state index contributed by atoms with van der Waals surface area (Å²) in [6.07, 6.45) is 0.376. The topological polar surface area (TPSA) is 161 Å². The Bertz CT molecular complexity index is 2740. The lowest BCUT2D eigenvalue weighted by Crippen LogP contribution is -2.48. The molecule has 73 heavy (non-hydrogen) atoms. The highest BCUT2D eigenvalue weighted by Gasteiger charge is 2.32. The minimum absolute atomic E-state index is 0.00325. The van der Waals surface area contributed by atoms with Gasteiger partial charge in [0.25, 0.3) is 5.91 Å². The highest BCUT2D eigenvalue weighted by Crippen LogP contribution is 2.33. The van der Waals surface area contributed by atoms with E-state index in [4.69, 9.17) is 9.47 Å². The fourth-order valence-corrected chi connectivity index (χ4v) is 9.32. The van der Waals surface area contributed by atoms with E-state index < -0.39 is 24.9 Å². The zero-order valence-corrected chi connectivity index (χ0v) is 41.7. The van der Waals surface area contributed by atoms with Crippen molar-refractivity contribution < 1.29 is 46.5 Å². The lowest BCUT2D eigenvalue weighted by atomic mass is 10.0. The number of carbonyl (C=O) groups is 3. The first-order chi connectivity index (χ1) is 35.2. The monoisotopic (exact) mass is 1010 g/mol. The predicted molar refractivity (Wildman–Crippen MR) is 276 cm³/mol. The summed E-state index contributed by atoms with van der Waals surface area (Å²) in [5.41, 5.74) is 5.91. The summed E-state index contributed by atoms with van der Waals surface area (Å²) in [4.78, 5) is 40.9. The van der Waals surface area contributed by atoms with Gasteiger partial charge in [0.15, 0.2) is 0 Å². The third kappa shape index (κ3) is 15.3. The number of aromatic nitrogens is 1. The molecule has 390 valence electrons. The number of alkyl halides is 4. The average Bonchev–Trinajstić information content (AvgIpc) is 3.72. The number of nitrogens with one attached hydrogen (secondary N) is 5. The van der Waals surface area contributed by atoms with E-state index in [1.165, 1.54) is 14.2 Å². The van der Waals surface area contributed by atoms with E-state index in [0.717, 1.165) is 65.6 Å². The number of hydrogen-bond donors (Lipinski definition) is 6. The molecule has 14 nitrogen and oxygen atoms in total. The smallest absolute Gasteiger partial charge is 0.406 e. The summed E-state index contributed by atoms with van der Waals surface area (Å²) >= 11 is 0. The van der Waals surface area contributed by atoms with Crippen molar-refractivity contribution in [1.29, 1.82) is 0 Å². The minimum atomic E-state index is -4.51. The van der Waals surface area contributed by atoms with Crippen molar-refractivity contribution in [3.63, 3.8) is 0 Å². The fraction of sp³-hybridized carbons (Fsp3) is 0.436. The number of unbranched alkanes of at least 4 members (excludes halogenated alkanes) is 4. The van der Waals surface area contributed by atoms with Crippen LogP contribution in [-0.4, -0.2) is 117 Å². The van der Waals surface area contributed by atoms with Gasteiger partial charge in [0.1, 0.15) is 30.8 Å². The number of likely N-dealkylation sites (N-methyl/N-ethyl adjacent to an activating group) is 1. The van der Waals surface area contributed by atoms with Crippen LogP contribution in [0.5, 0.6) is 11.5 Å². The van der Waals surface area contributed by atoms with E-state index in [-0.39, 0.29) is 55.7 Å². The van der Waals surface area contributed by atoms with Gasteiger partial charge in [-0.2, -0.15) is 13.2 Å². The number of benzene rings is 4. The van der Waals surface area contributed by atoms with Crippen LogP contribution in [0.3, 0.4) is 0 Å². The summed E-state index contributed by atoms with van der Waals surface area (Å²) < 4.78 is 69.9. The summed E-state index contributed by atoms with van der Waals surface area (Å²) in [5.74, 6) is 6.49. The van der Waals surface area contributed by atoms with Crippen LogP contribution in [0.4, 0.5) is 34.6 Å². The average molecular weight is 1010 g/mol. The number of halogens is 4. The SMILES string of the molecule is CNC(=O)c1ccc(NCC#Cc2cc3c(NC4CCN(CCCCCCCC(=O)NCc5ccc(COc6ccc7c(c6)N(C)CC(=O)NC(CO)C7)cc5)CC4F)cccc3n2CC(F)(F)F)c(OC)c1. The Morgan fingerprint density at radius 1 is 0.945 bits per heavy atom. The Labute approximate surface area is 424 Å². The second-order valence-electron chi connectivity index (χ2n) is 18.7. The quantitative estimate of drug-likeness (QED) is 0.0246. The van der Waals surface area contributed by atoms with Crippen LogP contribution in [0.2, 0.25) is 0 Å². The molecular formula is C55H66F4N8O6. The molecule has 5 aromatic rings. The molecule has 3 heterocycles. The number of likely N-dealkylation sites (tertiary alicyclic amines) is 1. The molecule has 0 bridgehead atoms. The highest BCUT2D eigenvalue weighted by molar-refractivity contribution is 5.95. The molecule has 3 amide bonds. The molecule has 2 aliphatic rings. The van der Waals surface area contributed by atoms with Gasteiger partial charge in [-0.05, 0) is 97.3 Å². The van der Waals surface area contributed by atoms with Crippen molar-refractivity contribution in [2.45, 2.75) is 95.5 Å². The number of carbonyl (C=O) groups excluding carboxylic acids is 3. The van der Waals surface area contributed by atoms with Gasteiger partial charge < -0.3 is 55.5 Å². The van der Waals surface area contributed by atoms with Gasteiger partial charge in [-0.15, -0.1) is 0 Å². The van der Waals surface area contributed by atoms with Crippen LogP contribution < -0.4 is 41.0 Å². The number of amides is 3. The highest BCUT2D eigenvalue weighted by atomic mass is 19.4. The maximum Gasteiger partial charge on any atom is 0.406 e. The molecule has 0 spiro atoms. The molecule has 1 saturated heterocycles. The molecule has 7 rings (SSSR count). The summed E-state index contributed by atoms with van der Waals surface area (Å²) in [6, 6.07) is 24.4. The predicted octanol–water partition coefficient (Wildman–Crippen LogP) is 7.57. The molecule has 0 aliphatic carbocycles. The van der Waals surface area contributed by atoms with Crippen molar-refractivity contribution in [1.82, 2.24) is 25.4 Å². The van der Waals surface area contributed by atoms with Crippen LogP contribution in [-0.2, 0) is 35.7 Å². The number of aliphatic hydroxyl groups is 1. The number of ether oxygens (including phenoxy) is 2. The van der Waals surface area contributed by atoms with Gasteiger partial charge in [0.05, 0.1) is 55.8 Å². The summed E-state index contributed by atoms with van der Waals surface area (Å²) in [5, 5.41) is 25.0. The van der Waals surface area contributed by atoms with Crippen LogP contribution in [0.25, 0.3) is 10.9 Å². The maximum absolute atomic E-state index is 15.7. The maximum atomic E-state index is 15.7. The van der Waals surface area contributed by atoms with E-state index in [1.807, 2.05) is 54.4 Å². The van der Waals surface area contributed by atoms with E-state index in [1.54, 1.807) is 42.5 Å². The Kier molecular flexibility index (Phi) is 18.9. The Hall–Kier alpha value is -6.97. The fourth-order valence-electron chi connectivity index (χ4n) is 9.32. The lowest BCUT2D eigenvalue weighted by molar-refractivity contribution is -0.140. The molecule has 2 aliphatic heterocycles. The van der Waals surface area contributed by atoms with Gasteiger partial charge in [-0.25, -0.2) is 4.39 Å². The van der Waals surface area contributed by atoms with Gasteiger partial charge in [-0.1, -0.05) is 61.6 Å². The Balaban J connectivity index is 0.792. The van der Waals surface area contributed by atoms with Crippen LogP contribution in [0, 0.1) is 11.8 Å². The van der Waals surface area contributed by atoms with Crippen molar-refractivity contribution in [3.05, 3.63) is 113 Å². The number of aliphatic hydroxyl groups excluding tert-OH is 1. The Morgan fingerprint density at radius 2 is 1.73 bits per heavy atom. The third-order valence-electron chi connectivity index (χ3n) is 13.2. The van der Waals surface area contributed by atoms with Gasteiger partial charge in [-0.3, -0.25) is 14.4 Å². The standard InChI is InChI=1S/C55H66F4N8O6/c1-60-54(71)40-20-22-48(51(28-40)72-3)61-24-10-11-42-29-44-46(12-9-13-49(44)67(42)36-55(57,58)59)64-47-23-26-66(32-45(47)56)25-8-6-4-5-7-14-52(69)62-31-37-15-17-38(18-16-37)35-73-43-21-19-39-27-41(34-68)63-53(70)33-65(2)50(39)30-43/h9,12-13,15-22,28-30,41,45,47,61,64,68H,4-8,14,23-27,31-36H2,1-3H3,(H,60,71)(H,62,69)(H,63,70). The zero-order chi connectivity index (χ0) is 51.9. The van der Waals surface area contributed by atoms with Crippen molar-refractivity contribution in [2.24, 2.45) is 0 Å². The van der Waals surface area contributed by atoms with Crippen LogP contribution in [0.15, 0.2) is 84.9 Å². The zero-order valence-electron chi connectivity index (χ0n) is 41.7. The largest absolute Gasteiger partial charge is 0.495 e.